The van der Waals surface area contributed by atoms with E-state index < -0.39 is 0 Å². The number of hydrogen-bond acceptors (Lipinski definition) is 4. The van der Waals surface area contributed by atoms with Gasteiger partial charge in [-0.05, 0) is 6.42 Å². The van der Waals surface area contributed by atoms with Crippen molar-refractivity contribution in [2.75, 3.05) is 39.3 Å². The van der Waals surface area contributed by atoms with Crippen molar-refractivity contribution in [1.82, 2.24) is 19.4 Å². The number of carbonyl (C=O) groups is 1. The minimum Gasteiger partial charge on any atom is -0.395 e. The lowest BCUT2D eigenvalue weighted by atomic mass is 10.2. The van der Waals surface area contributed by atoms with Crippen molar-refractivity contribution in [3.05, 3.63) is 18.7 Å². The summed E-state index contributed by atoms with van der Waals surface area (Å²) in [5.74, 6) is 0.240. The molecule has 6 heteroatoms. The third kappa shape index (κ3) is 4.33. The number of aliphatic hydroxyl groups is 1. The van der Waals surface area contributed by atoms with Crippen molar-refractivity contribution in [1.29, 1.82) is 0 Å². The fourth-order valence-corrected chi connectivity index (χ4v) is 2.35. The Labute approximate surface area is 113 Å². The molecule has 1 fully saturated rings. The zero-order valence-electron chi connectivity index (χ0n) is 11.2. The molecular formula is C13H22N4O2. The number of β-amino-alcohol motifs (C(OH)–C–C–N with tert-alkyl or cyclic N) is 1. The molecular weight excluding hydrogens is 244 g/mol. The Hall–Kier alpha value is -1.40. The first kappa shape index (κ1) is 14.0. The summed E-state index contributed by atoms with van der Waals surface area (Å²) in [6, 6.07) is 0. The second-order valence-corrected chi connectivity index (χ2v) is 4.85. The Balaban J connectivity index is 1.64. The zero-order chi connectivity index (χ0) is 13.5. The number of piperazine rings is 1. The number of rotatable bonds is 6. The number of aliphatic hydroxyl groups excluding tert-OH is 1. The Morgan fingerprint density at radius 2 is 2.00 bits per heavy atom. The Kier molecular flexibility index (Phi) is 5.35. The van der Waals surface area contributed by atoms with Gasteiger partial charge in [-0.2, -0.15) is 0 Å². The highest BCUT2D eigenvalue weighted by atomic mass is 16.3. The molecule has 1 amide bonds. The molecule has 1 aliphatic rings. The van der Waals surface area contributed by atoms with Crippen LogP contribution >= 0.6 is 0 Å². The summed E-state index contributed by atoms with van der Waals surface area (Å²) in [5, 5.41) is 8.87. The van der Waals surface area contributed by atoms with Crippen LogP contribution in [0, 0.1) is 0 Å². The van der Waals surface area contributed by atoms with Crippen molar-refractivity contribution in [2.24, 2.45) is 0 Å². The number of hydrogen-bond donors (Lipinski definition) is 1. The molecule has 19 heavy (non-hydrogen) atoms. The monoisotopic (exact) mass is 266 g/mol. The Morgan fingerprint density at radius 1 is 1.21 bits per heavy atom. The van der Waals surface area contributed by atoms with E-state index in [0.29, 0.717) is 13.0 Å². The lowest BCUT2D eigenvalue weighted by molar-refractivity contribution is -0.133. The van der Waals surface area contributed by atoms with Crippen LogP contribution in [0.2, 0.25) is 0 Å². The van der Waals surface area contributed by atoms with Crippen molar-refractivity contribution >= 4 is 5.91 Å². The fraction of sp³-hybridized carbons (Fsp3) is 0.692. The lowest BCUT2D eigenvalue weighted by Crippen LogP contribution is -2.49. The van der Waals surface area contributed by atoms with Crippen LogP contribution < -0.4 is 0 Å². The van der Waals surface area contributed by atoms with Gasteiger partial charge in [0.25, 0.3) is 0 Å². The summed E-state index contributed by atoms with van der Waals surface area (Å²) < 4.78 is 1.99. The third-order valence-corrected chi connectivity index (χ3v) is 3.51. The maximum Gasteiger partial charge on any atom is 0.222 e. The normalized spacial score (nSPS) is 16.8. The van der Waals surface area contributed by atoms with Crippen LogP contribution in [0.3, 0.4) is 0 Å². The predicted molar refractivity (Wildman–Crippen MR) is 71.6 cm³/mol. The van der Waals surface area contributed by atoms with Gasteiger partial charge in [0.2, 0.25) is 5.91 Å². The molecule has 1 aromatic rings. The van der Waals surface area contributed by atoms with Crippen LogP contribution in [0.25, 0.3) is 0 Å². The highest BCUT2D eigenvalue weighted by molar-refractivity contribution is 5.76. The van der Waals surface area contributed by atoms with Crippen molar-refractivity contribution in [3.63, 3.8) is 0 Å². The van der Waals surface area contributed by atoms with Gasteiger partial charge in [0.1, 0.15) is 0 Å². The van der Waals surface area contributed by atoms with Crippen molar-refractivity contribution in [2.45, 2.75) is 19.4 Å². The average molecular weight is 266 g/mol. The topological polar surface area (TPSA) is 61.6 Å². The van der Waals surface area contributed by atoms with Crippen LogP contribution in [0.5, 0.6) is 0 Å². The van der Waals surface area contributed by atoms with E-state index in [1.54, 1.807) is 12.5 Å². The van der Waals surface area contributed by atoms with Crippen LogP contribution in [0.1, 0.15) is 12.8 Å². The summed E-state index contributed by atoms with van der Waals surface area (Å²) in [6.07, 6.45) is 6.89. The number of carbonyl (C=O) groups excluding carboxylic acids is 1. The van der Waals surface area contributed by atoms with Gasteiger partial charge in [0, 0.05) is 58.1 Å². The molecule has 0 unspecified atom stereocenters. The van der Waals surface area contributed by atoms with E-state index in [0.717, 1.165) is 39.1 Å². The van der Waals surface area contributed by atoms with Gasteiger partial charge < -0.3 is 14.6 Å². The van der Waals surface area contributed by atoms with Crippen molar-refractivity contribution in [3.8, 4) is 0 Å². The number of nitrogens with zero attached hydrogens (tertiary/aromatic N) is 4. The van der Waals surface area contributed by atoms with E-state index in [9.17, 15) is 4.79 Å². The molecule has 1 N–H and O–H groups in total. The van der Waals surface area contributed by atoms with Crippen LogP contribution in [-0.4, -0.2) is 69.7 Å². The van der Waals surface area contributed by atoms with Gasteiger partial charge in [-0.3, -0.25) is 9.69 Å². The maximum absolute atomic E-state index is 12.0. The maximum atomic E-state index is 12.0. The van der Waals surface area contributed by atoms with E-state index in [2.05, 4.69) is 9.88 Å². The highest BCUT2D eigenvalue weighted by Crippen LogP contribution is 2.05. The number of imidazole rings is 1. The molecule has 1 aromatic heterocycles. The molecule has 1 aliphatic heterocycles. The average Bonchev–Trinajstić information content (AvgIpc) is 2.93. The van der Waals surface area contributed by atoms with Gasteiger partial charge in [-0.15, -0.1) is 0 Å². The van der Waals surface area contributed by atoms with E-state index in [1.807, 2.05) is 15.7 Å². The van der Waals surface area contributed by atoms with Crippen molar-refractivity contribution < 1.29 is 9.90 Å². The van der Waals surface area contributed by atoms with Gasteiger partial charge in [-0.25, -0.2) is 4.98 Å². The number of aromatic nitrogens is 2. The SMILES string of the molecule is O=C(CCCn1ccnc1)N1CCN(CCO)CC1. The molecule has 0 bridgehead atoms. The first-order chi connectivity index (χ1) is 9.29. The predicted octanol–water partition coefficient (Wildman–Crippen LogP) is -0.200. The summed E-state index contributed by atoms with van der Waals surface area (Å²) in [7, 11) is 0. The highest BCUT2D eigenvalue weighted by Gasteiger charge is 2.19. The quantitative estimate of drug-likeness (QED) is 0.774. The number of amides is 1. The number of aryl methyl sites for hydroxylation is 1. The minimum absolute atomic E-state index is 0.193. The zero-order valence-corrected chi connectivity index (χ0v) is 11.2. The van der Waals surface area contributed by atoms with E-state index in [4.69, 9.17) is 5.11 Å². The third-order valence-electron chi connectivity index (χ3n) is 3.51. The smallest absolute Gasteiger partial charge is 0.222 e. The molecule has 106 valence electrons. The van der Waals surface area contributed by atoms with Gasteiger partial charge in [-0.1, -0.05) is 0 Å². The molecule has 2 heterocycles. The fourth-order valence-electron chi connectivity index (χ4n) is 2.35. The van der Waals surface area contributed by atoms with Crippen LogP contribution in [0.4, 0.5) is 0 Å². The van der Waals surface area contributed by atoms with Crippen LogP contribution in [-0.2, 0) is 11.3 Å². The molecule has 0 aliphatic carbocycles. The lowest BCUT2D eigenvalue weighted by Gasteiger charge is -2.34. The summed E-state index contributed by atoms with van der Waals surface area (Å²) in [5.41, 5.74) is 0. The van der Waals surface area contributed by atoms with Gasteiger partial charge >= 0.3 is 0 Å². The summed E-state index contributed by atoms with van der Waals surface area (Å²) in [4.78, 5) is 20.1. The molecule has 0 aromatic carbocycles. The Morgan fingerprint density at radius 3 is 2.63 bits per heavy atom. The molecule has 2 rings (SSSR count). The molecule has 0 atom stereocenters. The van der Waals surface area contributed by atoms with Crippen LogP contribution in [0.15, 0.2) is 18.7 Å². The van der Waals surface area contributed by atoms with E-state index in [-0.39, 0.29) is 12.5 Å². The van der Waals surface area contributed by atoms with Gasteiger partial charge in [0.15, 0.2) is 0 Å². The largest absolute Gasteiger partial charge is 0.395 e. The minimum atomic E-state index is 0.193. The molecule has 0 radical (unpaired) electrons. The van der Waals surface area contributed by atoms with Gasteiger partial charge in [0.05, 0.1) is 12.9 Å². The summed E-state index contributed by atoms with van der Waals surface area (Å²) >= 11 is 0. The Bertz CT molecular complexity index is 372. The first-order valence-electron chi connectivity index (χ1n) is 6.86. The molecule has 1 saturated heterocycles. The van der Waals surface area contributed by atoms with E-state index >= 15 is 0 Å². The second kappa shape index (κ2) is 7.25. The standard InChI is InChI=1S/C13H22N4O2/c18-11-10-15-6-8-17(9-7-15)13(19)2-1-4-16-5-3-14-12-16/h3,5,12,18H,1-2,4,6-11H2. The molecule has 0 saturated carbocycles. The molecule has 0 spiro atoms. The summed E-state index contributed by atoms with van der Waals surface area (Å²) in [6.45, 7) is 5.05. The second-order valence-electron chi connectivity index (χ2n) is 4.85. The molecule has 6 nitrogen and oxygen atoms in total. The first-order valence-corrected chi connectivity index (χ1v) is 6.86. The van der Waals surface area contributed by atoms with E-state index in [1.165, 1.54) is 0 Å².